The highest BCUT2D eigenvalue weighted by molar-refractivity contribution is 6.23. The van der Waals surface area contributed by atoms with E-state index >= 15 is 0 Å². The van der Waals surface area contributed by atoms with Crippen LogP contribution in [0.5, 0.6) is 0 Å². The maximum Gasteiger partial charge on any atom is 0.0978 e. The van der Waals surface area contributed by atoms with Crippen LogP contribution >= 0.6 is 0 Å². The van der Waals surface area contributed by atoms with Crippen molar-refractivity contribution in [1.82, 2.24) is 39.9 Å². The van der Waals surface area contributed by atoms with Crippen LogP contribution in [-0.4, -0.2) is 39.9 Å². The fourth-order valence-corrected chi connectivity index (χ4v) is 14.7. The molecule has 0 spiro atoms. The third-order valence-corrected chi connectivity index (χ3v) is 19.4. The van der Waals surface area contributed by atoms with E-state index in [4.69, 9.17) is 29.9 Å². The summed E-state index contributed by atoms with van der Waals surface area (Å²) < 4.78 is 0. The van der Waals surface area contributed by atoms with Crippen molar-refractivity contribution in [3.63, 3.8) is 0 Å². The molecule has 0 N–H and O–H groups in total. The fraction of sp³-hybridized carbons (Fsp3) is 0. The maximum atomic E-state index is 5.49. The molecular weight excluding hydrogens is 1220 g/mol. The molecule has 20 aromatic rings. The lowest BCUT2D eigenvalue weighted by Gasteiger charge is -2.18. The average molecular weight is 1270 g/mol. The number of pyridine rings is 8. The monoisotopic (exact) mass is 1270 g/mol. The summed E-state index contributed by atoms with van der Waals surface area (Å²) in [6.45, 7) is 0. The van der Waals surface area contributed by atoms with Gasteiger partial charge in [-0.15, -0.1) is 0 Å². The Morgan fingerprint density at radius 2 is 0.540 bits per heavy atom. The molecule has 0 fully saturated rings. The minimum atomic E-state index is 0.846. The largest absolute Gasteiger partial charge is 0.255 e. The summed E-state index contributed by atoms with van der Waals surface area (Å²) in [5.41, 5.74) is 21.7. The molecule has 0 saturated carbocycles. The van der Waals surface area contributed by atoms with Crippen LogP contribution in [0.1, 0.15) is 0 Å². The van der Waals surface area contributed by atoms with E-state index in [9.17, 15) is 0 Å². The average Bonchev–Trinajstić information content (AvgIpc) is 0.735. The number of aromatic nitrogens is 8. The van der Waals surface area contributed by atoms with Gasteiger partial charge >= 0.3 is 0 Å². The molecule has 12 aromatic carbocycles. The Morgan fingerprint density at radius 1 is 0.160 bits per heavy atom. The molecular formula is C92H56N8. The van der Waals surface area contributed by atoms with Crippen molar-refractivity contribution >= 4 is 109 Å². The van der Waals surface area contributed by atoms with Gasteiger partial charge in [0, 0.05) is 78.1 Å². The van der Waals surface area contributed by atoms with Gasteiger partial charge < -0.3 is 0 Å². The first-order valence-corrected chi connectivity index (χ1v) is 33.6. The van der Waals surface area contributed by atoms with Gasteiger partial charge in [-0.25, -0.2) is 29.9 Å². The number of hydrogen-bond acceptors (Lipinski definition) is 8. The molecule has 0 aliphatic rings. The maximum absolute atomic E-state index is 5.49. The molecule has 0 atom stereocenters. The summed E-state index contributed by atoms with van der Waals surface area (Å²) in [7, 11) is 0. The van der Waals surface area contributed by atoms with Crippen LogP contribution in [0.4, 0.5) is 0 Å². The normalized spacial score (nSPS) is 11.6. The zero-order chi connectivity index (χ0) is 66.0. The first-order valence-electron chi connectivity index (χ1n) is 33.6. The van der Waals surface area contributed by atoms with Crippen molar-refractivity contribution in [2.45, 2.75) is 0 Å². The lowest BCUT2D eigenvalue weighted by Crippen LogP contribution is -1.96. The summed E-state index contributed by atoms with van der Waals surface area (Å²) >= 11 is 0. The zero-order valence-electron chi connectivity index (χ0n) is 53.9. The molecule has 100 heavy (non-hydrogen) atoms. The molecule has 0 aliphatic heterocycles. The predicted molar refractivity (Wildman–Crippen MR) is 414 cm³/mol. The van der Waals surface area contributed by atoms with E-state index in [2.05, 4.69) is 283 Å². The molecule has 8 nitrogen and oxygen atoms in total. The van der Waals surface area contributed by atoms with Crippen LogP contribution in [0, 0.1) is 0 Å². The van der Waals surface area contributed by atoms with E-state index in [-0.39, 0.29) is 0 Å². The molecule has 8 aromatic heterocycles. The first kappa shape index (κ1) is 57.9. The van der Waals surface area contributed by atoms with Gasteiger partial charge in [0.15, 0.2) is 0 Å². The summed E-state index contributed by atoms with van der Waals surface area (Å²) in [6, 6.07) is 114. The van der Waals surface area contributed by atoms with Crippen LogP contribution in [-0.2, 0) is 0 Å². The van der Waals surface area contributed by atoms with Crippen LogP contribution in [0.3, 0.4) is 0 Å². The van der Waals surface area contributed by atoms with E-state index in [1.54, 1.807) is 6.20 Å². The topological polar surface area (TPSA) is 103 Å². The molecule has 20 rings (SSSR count). The summed E-state index contributed by atoms with van der Waals surface area (Å²) in [6.07, 6.45) is 3.61. The highest BCUT2D eigenvalue weighted by Crippen LogP contribution is 2.46. The van der Waals surface area contributed by atoms with Crippen molar-refractivity contribution < 1.29 is 0 Å². The number of para-hydroxylation sites is 2. The van der Waals surface area contributed by atoms with Crippen molar-refractivity contribution in [1.29, 1.82) is 0 Å². The van der Waals surface area contributed by atoms with E-state index in [0.717, 1.165) is 155 Å². The summed E-state index contributed by atoms with van der Waals surface area (Å²) in [5, 5.41) is 15.9. The summed E-state index contributed by atoms with van der Waals surface area (Å²) in [4.78, 5) is 40.4. The van der Waals surface area contributed by atoms with Crippen LogP contribution in [0.2, 0.25) is 0 Å². The number of rotatable bonds is 8. The predicted octanol–water partition coefficient (Wildman–Crippen LogP) is 23.4. The SMILES string of the molecule is c1ccc(-c2c3ccccc3nc3c2ccc2ccc(-c4c5ccccc5c(-c5cccc(-c6ccccn6)n5)c5ccccc45)nc23)cc1.c1ccc(-c2c3ccccc3nc3c2ccc2ccc(-c4ccc5ccc6cc(-c7cccc(-c8ccccn8)n7)ccc6c5c4)nc23)cc1. The zero-order valence-corrected chi connectivity index (χ0v) is 53.9. The minimum Gasteiger partial charge on any atom is -0.255 e. The number of hydrogen-bond donors (Lipinski definition) is 0. The van der Waals surface area contributed by atoms with Crippen molar-refractivity contribution in [3.8, 4) is 90.1 Å². The second-order valence-electron chi connectivity index (χ2n) is 25.2. The van der Waals surface area contributed by atoms with Gasteiger partial charge in [-0.05, 0) is 139 Å². The van der Waals surface area contributed by atoms with Gasteiger partial charge in [0.05, 0.1) is 78.7 Å². The molecule has 8 heteroatoms. The van der Waals surface area contributed by atoms with Gasteiger partial charge in [0.1, 0.15) is 0 Å². The highest BCUT2D eigenvalue weighted by Gasteiger charge is 2.22. The van der Waals surface area contributed by atoms with Crippen molar-refractivity contribution in [2.75, 3.05) is 0 Å². The Kier molecular flexibility index (Phi) is 14.0. The Morgan fingerprint density at radius 3 is 1.09 bits per heavy atom. The van der Waals surface area contributed by atoms with Gasteiger partial charge in [-0.1, -0.05) is 243 Å². The van der Waals surface area contributed by atoms with Crippen molar-refractivity contribution in [2.24, 2.45) is 0 Å². The Labute approximate surface area is 575 Å². The van der Waals surface area contributed by atoms with Gasteiger partial charge in [0.25, 0.3) is 0 Å². The Hall–Kier alpha value is -13.6. The summed E-state index contributed by atoms with van der Waals surface area (Å²) in [5.74, 6) is 0. The van der Waals surface area contributed by atoms with Crippen LogP contribution in [0.25, 0.3) is 199 Å². The van der Waals surface area contributed by atoms with Crippen LogP contribution in [0.15, 0.2) is 340 Å². The molecule has 0 bridgehead atoms. The van der Waals surface area contributed by atoms with Gasteiger partial charge in [-0.3, -0.25) is 9.97 Å². The minimum absolute atomic E-state index is 0.846. The van der Waals surface area contributed by atoms with E-state index in [1.807, 2.05) is 60.8 Å². The molecule has 8 heterocycles. The van der Waals surface area contributed by atoms with Crippen molar-refractivity contribution in [3.05, 3.63) is 340 Å². The second-order valence-corrected chi connectivity index (χ2v) is 25.2. The first-order chi connectivity index (χ1) is 49.6. The number of nitrogens with zero attached hydrogens (tertiary/aromatic N) is 8. The number of fused-ring (bicyclic) bond motifs is 13. The van der Waals surface area contributed by atoms with Gasteiger partial charge in [-0.2, -0.15) is 0 Å². The third kappa shape index (κ3) is 10.1. The molecule has 0 saturated heterocycles. The van der Waals surface area contributed by atoms with E-state index < -0.39 is 0 Å². The fourth-order valence-electron chi connectivity index (χ4n) is 14.7. The highest BCUT2D eigenvalue weighted by atomic mass is 14.8. The standard InChI is InChI=1S/2C46H28N4/c1-2-13-29(14-3-1)42-35-19-8-9-20-37(35)49-46-36(42)26-24-30-25-27-41(50-45(30)46)44-33-17-6-4-15-31(33)43(32-16-5-7-18-34(32)44)40-23-12-22-39(48-40)38-21-10-11-28-47-38;1-2-9-30(10-3-1)44-36-11-4-5-12-41(36)50-46-37(44)24-20-31-22-25-40(49-45(31)46)34-19-17-29-16-18-32-27-33(21-23-35(32)38(29)28-34)39-14-8-15-43(48-39)42-13-6-7-26-47-42/h2*1-28H. The quantitative estimate of drug-likeness (QED) is 0.109. The third-order valence-electron chi connectivity index (χ3n) is 19.4. The number of benzene rings is 12. The molecule has 464 valence electrons. The molecule has 0 radical (unpaired) electrons. The lowest BCUT2D eigenvalue weighted by atomic mass is 9.88. The Bertz CT molecular complexity index is 6590. The molecule has 0 aliphatic carbocycles. The van der Waals surface area contributed by atoms with E-state index in [0.29, 0.717) is 0 Å². The van der Waals surface area contributed by atoms with Crippen LogP contribution < -0.4 is 0 Å². The lowest BCUT2D eigenvalue weighted by molar-refractivity contribution is 1.25. The molecule has 0 amide bonds. The smallest absolute Gasteiger partial charge is 0.0978 e. The Balaban J connectivity index is 0.000000139. The van der Waals surface area contributed by atoms with Gasteiger partial charge in [0.2, 0.25) is 0 Å². The molecule has 0 unspecified atom stereocenters. The second kappa shape index (κ2) is 24.3. The van der Waals surface area contributed by atoms with E-state index in [1.165, 1.54) is 43.8 Å².